The fourth-order valence-corrected chi connectivity index (χ4v) is 4.43. The number of nitrogens with zero attached hydrogens (tertiary/aromatic N) is 1. The standard InChI is InChI=1S/C32H26N2O2/c1-23-28(31(35)26-17-9-4-10-18-26)21-30(34(23)22-24-13-5-2-6-14-24)32(36)33-29-20-12-11-19-27(29)25-15-7-3-8-16-25/h2-21H,22H2,1H3,(H,33,36). The van der Waals surface area contributed by atoms with E-state index in [4.69, 9.17) is 0 Å². The zero-order valence-corrected chi connectivity index (χ0v) is 20.0. The number of nitrogens with one attached hydrogen (secondary N) is 1. The maximum atomic E-state index is 13.7. The summed E-state index contributed by atoms with van der Waals surface area (Å²) in [5, 5.41) is 3.10. The summed E-state index contributed by atoms with van der Waals surface area (Å²) in [6, 6.07) is 38.5. The van der Waals surface area contributed by atoms with E-state index in [2.05, 4.69) is 5.32 Å². The summed E-state index contributed by atoms with van der Waals surface area (Å²) < 4.78 is 1.92. The van der Waals surface area contributed by atoms with Crippen LogP contribution in [-0.2, 0) is 6.54 Å². The molecule has 0 aliphatic rings. The molecule has 5 rings (SSSR count). The van der Waals surface area contributed by atoms with Gasteiger partial charge in [0, 0.05) is 34.6 Å². The van der Waals surface area contributed by atoms with Gasteiger partial charge in [0.25, 0.3) is 5.91 Å². The van der Waals surface area contributed by atoms with Crippen molar-refractivity contribution in [3.63, 3.8) is 0 Å². The number of para-hydroxylation sites is 1. The molecule has 5 aromatic rings. The normalized spacial score (nSPS) is 10.7. The van der Waals surface area contributed by atoms with Crippen LogP contribution in [0, 0.1) is 6.92 Å². The Morgan fingerprint density at radius 2 is 1.31 bits per heavy atom. The number of hydrogen-bond donors (Lipinski definition) is 1. The molecule has 0 radical (unpaired) electrons. The van der Waals surface area contributed by atoms with Crippen LogP contribution in [0.2, 0.25) is 0 Å². The van der Waals surface area contributed by atoms with Crippen molar-refractivity contribution < 1.29 is 9.59 Å². The molecular formula is C32H26N2O2. The molecule has 4 aromatic carbocycles. The highest BCUT2D eigenvalue weighted by atomic mass is 16.2. The van der Waals surface area contributed by atoms with Gasteiger partial charge in [0.2, 0.25) is 0 Å². The Labute approximate surface area is 210 Å². The van der Waals surface area contributed by atoms with Gasteiger partial charge >= 0.3 is 0 Å². The maximum absolute atomic E-state index is 13.7. The summed E-state index contributed by atoms with van der Waals surface area (Å²) in [6.07, 6.45) is 0. The summed E-state index contributed by atoms with van der Waals surface area (Å²) in [6.45, 7) is 2.38. The second-order valence-electron chi connectivity index (χ2n) is 8.66. The molecule has 4 heteroatoms. The van der Waals surface area contributed by atoms with E-state index in [-0.39, 0.29) is 11.7 Å². The number of aromatic nitrogens is 1. The van der Waals surface area contributed by atoms with Crippen LogP contribution < -0.4 is 5.32 Å². The van der Waals surface area contributed by atoms with Gasteiger partial charge in [0.15, 0.2) is 5.78 Å². The van der Waals surface area contributed by atoms with Crippen LogP contribution in [0.4, 0.5) is 5.69 Å². The van der Waals surface area contributed by atoms with Gasteiger partial charge in [-0.2, -0.15) is 0 Å². The van der Waals surface area contributed by atoms with Gasteiger partial charge in [-0.15, -0.1) is 0 Å². The van der Waals surface area contributed by atoms with E-state index in [0.29, 0.717) is 23.4 Å². The minimum absolute atomic E-state index is 0.0985. The summed E-state index contributed by atoms with van der Waals surface area (Å²) in [7, 11) is 0. The molecule has 1 amide bonds. The molecule has 0 aliphatic carbocycles. The molecule has 0 aliphatic heterocycles. The molecule has 0 bridgehead atoms. The molecule has 0 saturated carbocycles. The zero-order valence-electron chi connectivity index (χ0n) is 20.0. The van der Waals surface area contributed by atoms with Crippen LogP contribution in [0.1, 0.15) is 37.7 Å². The second kappa shape index (κ2) is 10.3. The van der Waals surface area contributed by atoms with Gasteiger partial charge in [-0.3, -0.25) is 9.59 Å². The first-order valence-corrected chi connectivity index (χ1v) is 11.9. The SMILES string of the molecule is Cc1c(C(=O)c2ccccc2)cc(C(=O)Nc2ccccc2-c2ccccc2)n1Cc1ccccc1. The molecular weight excluding hydrogens is 444 g/mol. The Hall–Kier alpha value is -4.70. The number of carbonyl (C=O) groups excluding carboxylic acids is 2. The van der Waals surface area contributed by atoms with Crippen LogP contribution in [0.15, 0.2) is 121 Å². The minimum Gasteiger partial charge on any atom is -0.336 e. The topological polar surface area (TPSA) is 51.1 Å². The summed E-state index contributed by atoms with van der Waals surface area (Å²) in [5.74, 6) is -0.358. The number of hydrogen-bond acceptors (Lipinski definition) is 2. The molecule has 1 N–H and O–H groups in total. The highest BCUT2D eigenvalue weighted by Crippen LogP contribution is 2.29. The fourth-order valence-electron chi connectivity index (χ4n) is 4.43. The zero-order chi connectivity index (χ0) is 24.9. The molecule has 0 unspecified atom stereocenters. The second-order valence-corrected chi connectivity index (χ2v) is 8.66. The van der Waals surface area contributed by atoms with Crippen molar-refractivity contribution in [1.82, 2.24) is 4.57 Å². The molecule has 1 heterocycles. The van der Waals surface area contributed by atoms with Gasteiger partial charge in [0.1, 0.15) is 5.69 Å². The quantitative estimate of drug-likeness (QED) is 0.261. The Morgan fingerprint density at radius 3 is 2.00 bits per heavy atom. The molecule has 1 aromatic heterocycles. The van der Waals surface area contributed by atoms with Crippen LogP contribution in [0.5, 0.6) is 0 Å². The lowest BCUT2D eigenvalue weighted by molar-refractivity contribution is 0.101. The molecule has 0 saturated heterocycles. The Bertz CT molecular complexity index is 1500. The van der Waals surface area contributed by atoms with Crippen molar-refractivity contribution in [3.8, 4) is 11.1 Å². The van der Waals surface area contributed by atoms with Crippen molar-refractivity contribution in [2.45, 2.75) is 13.5 Å². The van der Waals surface area contributed by atoms with E-state index in [1.165, 1.54) is 0 Å². The highest BCUT2D eigenvalue weighted by Gasteiger charge is 2.23. The Morgan fingerprint density at radius 1 is 0.722 bits per heavy atom. The van der Waals surface area contributed by atoms with Crippen LogP contribution >= 0.6 is 0 Å². The largest absolute Gasteiger partial charge is 0.336 e. The van der Waals surface area contributed by atoms with Gasteiger partial charge in [-0.05, 0) is 30.2 Å². The van der Waals surface area contributed by atoms with Crippen LogP contribution in [0.3, 0.4) is 0 Å². The lowest BCUT2D eigenvalue weighted by Crippen LogP contribution is -2.18. The van der Waals surface area contributed by atoms with E-state index in [1.807, 2.05) is 115 Å². The van der Waals surface area contributed by atoms with Gasteiger partial charge in [-0.1, -0.05) is 109 Å². The average molecular weight is 471 g/mol. The maximum Gasteiger partial charge on any atom is 0.272 e. The molecule has 36 heavy (non-hydrogen) atoms. The summed E-state index contributed by atoms with van der Waals surface area (Å²) in [4.78, 5) is 27.1. The third-order valence-electron chi connectivity index (χ3n) is 6.32. The number of rotatable bonds is 7. The van der Waals surface area contributed by atoms with Crippen molar-refractivity contribution >= 4 is 17.4 Å². The van der Waals surface area contributed by atoms with Gasteiger partial charge in [-0.25, -0.2) is 0 Å². The smallest absolute Gasteiger partial charge is 0.272 e. The lowest BCUT2D eigenvalue weighted by atomic mass is 10.0. The Kier molecular flexibility index (Phi) is 6.59. The number of anilines is 1. The Balaban J connectivity index is 1.55. The number of amides is 1. The first kappa shape index (κ1) is 23.1. The highest BCUT2D eigenvalue weighted by molar-refractivity contribution is 6.12. The summed E-state index contributed by atoms with van der Waals surface area (Å²) >= 11 is 0. The number of carbonyl (C=O) groups is 2. The number of benzene rings is 4. The van der Waals surface area contributed by atoms with Crippen molar-refractivity contribution in [1.29, 1.82) is 0 Å². The lowest BCUT2D eigenvalue weighted by Gasteiger charge is -2.14. The van der Waals surface area contributed by atoms with Crippen molar-refractivity contribution in [2.75, 3.05) is 5.32 Å². The third kappa shape index (κ3) is 4.75. The average Bonchev–Trinajstić information content (AvgIpc) is 3.26. The number of ketones is 1. The first-order valence-electron chi connectivity index (χ1n) is 11.9. The minimum atomic E-state index is -0.260. The van der Waals surface area contributed by atoms with Crippen LogP contribution in [-0.4, -0.2) is 16.3 Å². The summed E-state index contributed by atoms with van der Waals surface area (Å²) in [5.41, 5.74) is 6.04. The van der Waals surface area contributed by atoms with Crippen LogP contribution in [0.25, 0.3) is 11.1 Å². The van der Waals surface area contributed by atoms with E-state index >= 15 is 0 Å². The van der Waals surface area contributed by atoms with E-state index in [0.717, 1.165) is 28.1 Å². The van der Waals surface area contributed by atoms with Crippen molar-refractivity contribution in [3.05, 3.63) is 149 Å². The van der Waals surface area contributed by atoms with Gasteiger partial charge in [0.05, 0.1) is 0 Å². The fraction of sp³-hybridized carbons (Fsp3) is 0.0625. The first-order chi connectivity index (χ1) is 17.6. The molecule has 0 fully saturated rings. The predicted molar refractivity (Wildman–Crippen MR) is 144 cm³/mol. The monoisotopic (exact) mass is 470 g/mol. The molecule has 4 nitrogen and oxygen atoms in total. The van der Waals surface area contributed by atoms with E-state index in [9.17, 15) is 9.59 Å². The van der Waals surface area contributed by atoms with Gasteiger partial charge < -0.3 is 9.88 Å². The molecule has 0 atom stereocenters. The van der Waals surface area contributed by atoms with Crippen molar-refractivity contribution in [2.24, 2.45) is 0 Å². The predicted octanol–water partition coefficient (Wildman–Crippen LogP) is 7.00. The molecule has 176 valence electrons. The third-order valence-corrected chi connectivity index (χ3v) is 6.32. The molecule has 0 spiro atoms. The van der Waals surface area contributed by atoms with E-state index in [1.54, 1.807) is 18.2 Å². The van der Waals surface area contributed by atoms with E-state index < -0.39 is 0 Å².